The molecule has 2 fully saturated rings. The molecule has 1 amide bonds. The van der Waals surface area contributed by atoms with Crippen molar-refractivity contribution < 1.29 is 27.8 Å². The SMILES string of the molecule is N#Cc1c(N2C[C@H](OC(=O)NC3CCC(F)(F)CC3)[C@@H](F)C2)cnn(CCO)c1=O. The molecule has 164 valence electrons. The van der Waals surface area contributed by atoms with Gasteiger partial charge in [0.25, 0.3) is 5.56 Å². The summed E-state index contributed by atoms with van der Waals surface area (Å²) in [6.45, 7) is -0.736. The molecule has 3 rings (SSSR count). The van der Waals surface area contributed by atoms with Crippen LogP contribution in [0.4, 0.5) is 23.7 Å². The highest BCUT2D eigenvalue weighted by molar-refractivity contribution is 5.68. The number of carbonyl (C=O) groups excluding carboxylic acids is 1. The van der Waals surface area contributed by atoms with Crippen molar-refractivity contribution in [3.05, 3.63) is 22.1 Å². The van der Waals surface area contributed by atoms with Crippen LogP contribution < -0.4 is 15.8 Å². The second-order valence-electron chi connectivity index (χ2n) is 7.41. The van der Waals surface area contributed by atoms with E-state index in [1.165, 1.54) is 11.1 Å². The number of hydrogen-bond acceptors (Lipinski definition) is 7. The van der Waals surface area contributed by atoms with Crippen LogP contribution in [0.2, 0.25) is 0 Å². The maximum absolute atomic E-state index is 14.4. The average Bonchev–Trinajstić information content (AvgIpc) is 3.05. The molecular weight excluding hydrogens is 407 g/mol. The van der Waals surface area contributed by atoms with Crippen LogP contribution in [-0.2, 0) is 11.3 Å². The molecule has 1 aliphatic heterocycles. The van der Waals surface area contributed by atoms with E-state index >= 15 is 0 Å². The zero-order chi connectivity index (χ0) is 21.9. The Morgan fingerprint density at radius 2 is 2.10 bits per heavy atom. The lowest BCUT2D eigenvalue weighted by Crippen LogP contribution is -2.42. The Morgan fingerprint density at radius 3 is 2.73 bits per heavy atom. The first-order chi connectivity index (χ1) is 14.2. The molecule has 2 atom stereocenters. The zero-order valence-electron chi connectivity index (χ0n) is 16.1. The minimum atomic E-state index is -2.73. The van der Waals surface area contributed by atoms with Crippen molar-refractivity contribution in [3.8, 4) is 6.07 Å². The highest BCUT2D eigenvalue weighted by atomic mass is 19.3. The van der Waals surface area contributed by atoms with Gasteiger partial charge in [-0.05, 0) is 12.8 Å². The van der Waals surface area contributed by atoms with Crippen LogP contribution in [0, 0.1) is 11.3 Å². The number of nitrogens with zero attached hydrogens (tertiary/aromatic N) is 4. The molecule has 2 heterocycles. The van der Waals surface area contributed by atoms with Gasteiger partial charge in [-0.15, -0.1) is 0 Å². The van der Waals surface area contributed by atoms with Crippen molar-refractivity contribution in [2.24, 2.45) is 0 Å². The second-order valence-corrected chi connectivity index (χ2v) is 7.41. The smallest absolute Gasteiger partial charge is 0.407 e. The van der Waals surface area contributed by atoms with Gasteiger partial charge in [0.1, 0.15) is 11.6 Å². The Labute approximate surface area is 170 Å². The van der Waals surface area contributed by atoms with E-state index in [1.54, 1.807) is 6.07 Å². The van der Waals surface area contributed by atoms with Crippen LogP contribution in [0.1, 0.15) is 31.2 Å². The van der Waals surface area contributed by atoms with Crippen LogP contribution in [0.25, 0.3) is 0 Å². The first-order valence-corrected chi connectivity index (χ1v) is 9.59. The molecule has 2 aliphatic rings. The second kappa shape index (κ2) is 8.91. The highest BCUT2D eigenvalue weighted by Crippen LogP contribution is 2.33. The summed E-state index contributed by atoms with van der Waals surface area (Å²) in [6, 6.07) is 1.31. The summed E-state index contributed by atoms with van der Waals surface area (Å²) < 4.78 is 46.9. The molecule has 1 saturated heterocycles. The van der Waals surface area contributed by atoms with E-state index in [2.05, 4.69) is 10.4 Å². The van der Waals surface area contributed by atoms with Gasteiger partial charge in [-0.1, -0.05) is 0 Å². The summed E-state index contributed by atoms with van der Waals surface area (Å²) >= 11 is 0. The lowest BCUT2D eigenvalue weighted by atomic mass is 9.92. The average molecular weight is 429 g/mol. The number of aliphatic hydroxyl groups is 1. The normalized spacial score (nSPS) is 23.8. The van der Waals surface area contributed by atoms with E-state index < -0.39 is 35.9 Å². The number of amides is 1. The number of anilines is 1. The Balaban J connectivity index is 1.62. The molecule has 1 aromatic rings. The Kier molecular flexibility index (Phi) is 6.50. The van der Waals surface area contributed by atoms with E-state index in [4.69, 9.17) is 9.84 Å². The number of aromatic nitrogens is 2. The van der Waals surface area contributed by atoms with Crippen molar-refractivity contribution in [2.75, 3.05) is 24.6 Å². The van der Waals surface area contributed by atoms with Gasteiger partial charge >= 0.3 is 6.09 Å². The van der Waals surface area contributed by atoms with Crippen molar-refractivity contribution in [2.45, 2.75) is 56.5 Å². The molecule has 12 heteroatoms. The number of hydrogen-bond donors (Lipinski definition) is 2. The first-order valence-electron chi connectivity index (χ1n) is 9.59. The molecule has 1 aliphatic carbocycles. The molecular formula is C18H22F3N5O4. The van der Waals surface area contributed by atoms with Gasteiger partial charge in [0.05, 0.1) is 38.1 Å². The fraction of sp³-hybridized carbons (Fsp3) is 0.667. The quantitative estimate of drug-likeness (QED) is 0.715. The number of halogens is 3. The molecule has 1 aromatic heterocycles. The molecule has 0 bridgehead atoms. The molecule has 0 spiro atoms. The topological polar surface area (TPSA) is 120 Å². The lowest BCUT2D eigenvalue weighted by molar-refractivity contribution is -0.0408. The molecule has 0 radical (unpaired) electrons. The molecule has 30 heavy (non-hydrogen) atoms. The van der Waals surface area contributed by atoms with E-state index in [9.17, 15) is 28.0 Å². The van der Waals surface area contributed by atoms with Crippen LogP contribution >= 0.6 is 0 Å². The van der Waals surface area contributed by atoms with Crippen LogP contribution in [-0.4, -0.2) is 64.9 Å². The molecule has 1 saturated carbocycles. The van der Waals surface area contributed by atoms with E-state index in [0.717, 1.165) is 4.68 Å². The van der Waals surface area contributed by atoms with Gasteiger partial charge in [-0.25, -0.2) is 22.6 Å². The standard InChI is InChI=1S/C18H22F3N5O4/c19-13-9-25(14-8-23-26(5-6-27)16(28)12(14)7-22)10-15(13)30-17(29)24-11-1-3-18(20,21)4-2-11/h8,11,13,15,27H,1-6,9-10H2,(H,24,29)/t13-,15-/m0/s1. The molecule has 2 N–H and O–H groups in total. The van der Waals surface area contributed by atoms with Gasteiger partial charge in [0.15, 0.2) is 12.3 Å². The van der Waals surface area contributed by atoms with Gasteiger partial charge in [0.2, 0.25) is 5.92 Å². The zero-order valence-corrected chi connectivity index (χ0v) is 16.1. The maximum Gasteiger partial charge on any atom is 0.407 e. The number of rotatable bonds is 5. The predicted octanol–water partition coefficient (Wildman–Crippen LogP) is 0.938. The number of ether oxygens (including phenoxy) is 1. The molecule has 9 nitrogen and oxygen atoms in total. The Bertz CT molecular complexity index is 878. The van der Waals surface area contributed by atoms with Crippen molar-refractivity contribution in [1.82, 2.24) is 15.1 Å². The number of aliphatic hydroxyl groups excluding tert-OH is 1. The fourth-order valence-corrected chi connectivity index (χ4v) is 3.64. The summed E-state index contributed by atoms with van der Waals surface area (Å²) in [7, 11) is 0. The number of nitrogens with one attached hydrogen (secondary N) is 1. The van der Waals surface area contributed by atoms with E-state index in [0.29, 0.717) is 0 Å². The third-order valence-corrected chi connectivity index (χ3v) is 5.28. The van der Waals surface area contributed by atoms with E-state index in [-0.39, 0.29) is 63.2 Å². The lowest BCUT2D eigenvalue weighted by Gasteiger charge is -2.29. The highest BCUT2D eigenvalue weighted by Gasteiger charge is 2.39. The summed E-state index contributed by atoms with van der Waals surface area (Å²) in [4.78, 5) is 25.7. The number of carbonyl (C=O) groups is 1. The summed E-state index contributed by atoms with van der Waals surface area (Å²) in [5, 5.41) is 24.6. The predicted molar refractivity (Wildman–Crippen MR) is 98.0 cm³/mol. The third-order valence-electron chi connectivity index (χ3n) is 5.28. The number of alkyl carbamates (subject to hydrolysis) is 1. The third kappa shape index (κ3) is 4.84. The van der Waals surface area contributed by atoms with E-state index in [1.807, 2.05) is 0 Å². The minimum absolute atomic E-state index is 0.0848. The van der Waals surface area contributed by atoms with Crippen LogP contribution in [0.5, 0.6) is 0 Å². The van der Waals surface area contributed by atoms with Crippen molar-refractivity contribution >= 4 is 11.8 Å². The van der Waals surface area contributed by atoms with Gasteiger partial charge < -0.3 is 20.1 Å². The van der Waals surface area contributed by atoms with Crippen molar-refractivity contribution in [3.63, 3.8) is 0 Å². The largest absolute Gasteiger partial charge is 0.441 e. The Morgan fingerprint density at radius 1 is 1.40 bits per heavy atom. The Hall–Kier alpha value is -2.81. The summed E-state index contributed by atoms with van der Waals surface area (Å²) in [6.07, 6.45) is -2.82. The van der Waals surface area contributed by atoms with Gasteiger partial charge in [-0.3, -0.25) is 4.79 Å². The maximum atomic E-state index is 14.4. The van der Waals surface area contributed by atoms with Crippen molar-refractivity contribution in [1.29, 1.82) is 5.26 Å². The minimum Gasteiger partial charge on any atom is -0.441 e. The van der Waals surface area contributed by atoms with Gasteiger partial charge in [-0.2, -0.15) is 10.4 Å². The molecule has 0 unspecified atom stereocenters. The first kappa shape index (κ1) is 21.9. The van der Waals surface area contributed by atoms with Crippen LogP contribution in [0.15, 0.2) is 11.0 Å². The monoisotopic (exact) mass is 429 g/mol. The summed E-state index contributed by atoms with van der Waals surface area (Å²) in [5.41, 5.74) is -0.852. The summed E-state index contributed by atoms with van der Waals surface area (Å²) in [5.74, 6) is -2.73. The molecule has 0 aromatic carbocycles. The fourth-order valence-electron chi connectivity index (χ4n) is 3.64. The number of alkyl halides is 3. The van der Waals surface area contributed by atoms with Crippen LogP contribution in [0.3, 0.4) is 0 Å². The number of nitriles is 1. The van der Waals surface area contributed by atoms with Gasteiger partial charge in [0, 0.05) is 18.9 Å².